The van der Waals surface area contributed by atoms with Crippen LogP contribution in [-0.2, 0) is 16.1 Å². The highest BCUT2D eigenvalue weighted by Crippen LogP contribution is 2.33. The Hall–Kier alpha value is -3.26. The van der Waals surface area contributed by atoms with Crippen molar-refractivity contribution in [2.24, 2.45) is 5.92 Å². The van der Waals surface area contributed by atoms with Crippen LogP contribution in [0.1, 0.15) is 36.6 Å². The van der Waals surface area contributed by atoms with Gasteiger partial charge in [0.1, 0.15) is 11.6 Å². The van der Waals surface area contributed by atoms with Crippen molar-refractivity contribution in [2.45, 2.75) is 26.5 Å². The van der Waals surface area contributed by atoms with Gasteiger partial charge in [0, 0.05) is 29.3 Å². The van der Waals surface area contributed by atoms with Crippen molar-refractivity contribution >= 4 is 17.7 Å². The van der Waals surface area contributed by atoms with Crippen LogP contribution in [0.5, 0.6) is 5.75 Å². The van der Waals surface area contributed by atoms with Crippen LogP contribution >= 0.6 is 0 Å². The molecule has 1 aliphatic heterocycles. The standard InChI is InChI=1S/C21H21FN2O5/c1-13(2)20(14-3-6-17(22)7-4-14)23-19(25)8-5-15-9-18(24(26)27)10-16-11-28-12-29-21(15)16/h3-10,13,20H,11-12H2,1-2H3,(H,23,25)/b8-5+. The predicted molar refractivity (Wildman–Crippen MR) is 105 cm³/mol. The molecule has 0 bridgehead atoms. The molecule has 1 aliphatic rings. The minimum absolute atomic E-state index is 0.0395. The maximum Gasteiger partial charge on any atom is 0.270 e. The van der Waals surface area contributed by atoms with E-state index in [0.29, 0.717) is 16.9 Å². The van der Waals surface area contributed by atoms with Gasteiger partial charge in [-0.15, -0.1) is 0 Å². The number of hydrogen-bond acceptors (Lipinski definition) is 5. The SMILES string of the molecule is CC(C)C(NC(=O)/C=C/c1cc([N+](=O)[O-])cc2c1OCOC2)c1ccc(F)cc1. The number of carbonyl (C=O) groups is 1. The first-order chi connectivity index (χ1) is 13.8. The summed E-state index contributed by atoms with van der Waals surface area (Å²) in [7, 11) is 0. The molecule has 0 aromatic heterocycles. The number of ether oxygens (including phenoxy) is 2. The fourth-order valence-electron chi connectivity index (χ4n) is 3.13. The minimum Gasteiger partial charge on any atom is -0.467 e. The predicted octanol–water partition coefficient (Wildman–Crippen LogP) is 4.13. The average molecular weight is 400 g/mol. The van der Waals surface area contributed by atoms with Gasteiger partial charge in [0.2, 0.25) is 5.91 Å². The van der Waals surface area contributed by atoms with Gasteiger partial charge in [0.25, 0.3) is 5.69 Å². The van der Waals surface area contributed by atoms with Gasteiger partial charge in [-0.05, 0) is 29.7 Å². The van der Waals surface area contributed by atoms with Crippen LogP contribution in [-0.4, -0.2) is 17.6 Å². The lowest BCUT2D eigenvalue weighted by Crippen LogP contribution is -2.30. The fraction of sp³-hybridized carbons (Fsp3) is 0.286. The van der Waals surface area contributed by atoms with E-state index in [1.165, 1.54) is 36.4 Å². The molecule has 152 valence electrons. The van der Waals surface area contributed by atoms with Gasteiger partial charge in [0.05, 0.1) is 17.6 Å². The highest BCUT2D eigenvalue weighted by atomic mass is 19.1. The van der Waals surface area contributed by atoms with E-state index >= 15 is 0 Å². The van der Waals surface area contributed by atoms with Crippen LogP contribution < -0.4 is 10.1 Å². The molecular weight excluding hydrogens is 379 g/mol. The summed E-state index contributed by atoms with van der Waals surface area (Å²) >= 11 is 0. The monoisotopic (exact) mass is 400 g/mol. The zero-order valence-corrected chi connectivity index (χ0v) is 16.1. The third-order valence-corrected chi connectivity index (χ3v) is 4.54. The lowest BCUT2D eigenvalue weighted by molar-refractivity contribution is -0.385. The molecule has 0 saturated heterocycles. The quantitative estimate of drug-likeness (QED) is 0.447. The molecule has 1 atom stereocenters. The van der Waals surface area contributed by atoms with Crippen LogP contribution in [0.15, 0.2) is 42.5 Å². The van der Waals surface area contributed by atoms with Crippen molar-refractivity contribution in [3.63, 3.8) is 0 Å². The van der Waals surface area contributed by atoms with E-state index < -0.39 is 4.92 Å². The Morgan fingerprint density at radius 2 is 2.00 bits per heavy atom. The molecule has 1 unspecified atom stereocenters. The number of fused-ring (bicyclic) bond motifs is 1. The molecule has 8 heteroatoms. The topological polar surface area (TPSA) is 90.7 Å². The molecule has 2 aromatic carbocycles. The Kier molecular flexibility index (Phi) is 6.23. The molecule has 0 spiro atoms. The summed E-state index contributed by atoms with van der Waals surface area (Å²) in [6.07, 6.45) is 2.78. The number of carbonyl (C=O) groups excluding carboxylic acids is 1. The highest BCUT2D eigenvalue weighted by Gasteiger charge is 2.21. The van der Waals surface area contributed by atoms with Crippen molar-refractivity contribution in [1.29, 1.82) is 0 Å². The molecular formula is C21H21FN2O5. The first-order valence-electron chi connectivity index (χ1n) is 9.11. The van der Waals surface area contributed by atoms with Crippen molar-refractivity contribution in [1.82, 2.24) is 5.32 Å². The number of amides is 1. The van der Waals surface area contributed by atoms with E-state index in [1.807, 2.05) is 13.8 Å². The molecule has 1 N–H and O–H groups in total. The molecule has 29 heavy (non-hydrogen) atoms. The number of nitro groups is 1. The Bertz CT molecular complexity index is 941. The fourth-order valence-corrected chi connectivity index (χ4v) is 3.13. The second-order valence-corrected chi connectivity index (χ2v) is 7.01. The zero-order chi connectivity index (χ0) is 21.0. The summed E-state index contributed by atoms with van der Waals surface area (Å²) in [5.41, 5.74) is 1.66. The van der Waals surface area contributed by atoms with Crippen LogP contribution in [0.3, 0.4) is 0 Å². The first-order valence-corrected chi connectivity index (χ1v) is 9.11. The lowest BCUT2D eigenvalue weighted by atomic mass is 9.96. The molecule has 0 aliphatic carbocycles. The number of nitrogens with one attached hydrogen (secondary N) is 1. The van der Waals surface area contributed by atoms with Gasteiger partial charge >= 0.3 is 0 Å². The molecule has 0 saturated carbocycles. The molecule has 3 rings (SSSR count). The molecule has 0 radical (unpaired) electrons. The van der Waals surface area contributed by atoms with Gasteiger partial charge in [-0.1, -0.05) is 26.0 Å². The third kappa shape index (κ3) is 4.97. The van der Waals surface area contributed by atoms with E-state index in [0.717, 1.165) is 5.56 Å². The average Bonchev–Trinajstić information content (AvgIpc) is 2.70. The van der Waals surface area contributed by atoms with Gasteiger partial charge in [-0.25, -0.2) is 4.39 Å². The molecule has 2 aromatic rings. The third-order valence-electron chi connectivity index (χ3n) is 4.54. The second-order valence-electron chi connectivity index (χ2n) is 7.01. The summed E-state index contributed by atoms with van der Waals surface area (Å²) in [6, 6.07) is 8.41. The maximum atomic E-state index is 13.2. The van der Waals surface area contributed by atoms with Crippen LogP contribution in [0.25, 0.3) is 6.08 Å². The number of non-ortho nitro benzene ring substituents is 1. The van der Waals surface area contributed by atoms with E-state index in [-0.39, 0.29) is 42.8 Å². The van der Waals surface area contributed by atoms with Crippen LogP contribution in [0.2, 0.25) is 0 Å². The summed E-state index contributed by atoms with van der Waals surface area (Å²) in [5.74, 6) is -0.184. The molecule has 1 heterocycles. The van der Waals surface area contributed by atoms with Gasteiger partial charge in [-0.2, -0.15) is 0 Å². The highest BCUT2D eigenvalue weighted by molar-refractivity contribution is 5.92. The molecule has 7 nitrogen and oxygen atoms in total. The van der Waals surface area contributed by atoms with Crippen molar-refractivity contribution in [3.8, 4) is 5.75 Å². The number of hydrogen-bond donors (Lipinski definition) is 1. The van der Waals surface area contributed by atoms with Crippen molar-refractivity contribution in [2.75, 3.05) is 6.79 Å². The van der Waals surface area contributed by atoms with Crippen molar-refractivity contribution in [3.05, 3.63) is 75.1 Å². The largest absolute Gasteiger partial charge is 0.467 e. The van der Waals surface area contributed by atoms with Crippen LogP contribution in [0, 0.1) is 21.8 Å². The number of rotatable bonds is 6. The van der Waals surface area contributed by atoms with Gasteiger partial charge < -0.3 is 14.8 Å². The van der Waals surface area contributed by atoms with Crippen molar-refractivity contribution < 1.29 is 23.6 Å². The zero-order valence-electron chi connectivity index (χ0n) is 16.1. The Morgan fingerprint density at radius 1 is 1.28 bits per heavy atom. The number of nitro benzene ring substituents is 1. The number of halogens is 1. The lowest BCUT2D eigenvalue weighted by Gasteiger charge is -2.22. The van der Waals surface area contributed by atoms with E-state index in [1.54, 1.807) is 12.1 Å². The smallest absolute Gasteiger partial charge is 0.270 e. The Labute approximate surface area is 167 Å². The van der Waals surface area contributed by atoms with Gasteiger partial charge in [-0.3, -0.25) is 14.9 Å². The van der Waals surface area contributed by atoms with E-state index in [4.69, 9.17) is 9.47 Å². The first kappa shape index (κ1) is 20.5. The number of benzene rings is 2. The normalized spacial score (nSPS) is 14.3. The van der Waals surface area contributed by atoms with Crippen LogP contribution in [0.4, 0.5) is 10.1 Å². The van der Waals surface area contributed by atoms with E-state index in [9.17, 15) is 19.3 Å². The molecule has 1 amide bonds. The summed E-state index contributed by atoms with van der Waals surface area (Å²) in [6.45, 7) is 4.13. The molecule has 0 fully saturated rings. The van der Waals surface area contributed by atoms with Gasteiger partial charge in [0.15, 0.2) is 6.79 Å². The minimum atomic E-state index is -0.504. The van der Waals surface area contributed by atoms with E-state index in [2.05, 4.69) is 5.32 Å². The summed E-state index contributed by atoms with van der Waals surface area (Å²) in [4.78, 5) is 23.2. The Morgan fingerprint density at radius 3 is 2.66 bits per heavy atom. The second kappa shape index (κ2) is 8.83. The maximum absolute atomic E-state index is 13.2. The number of nitrogens with zero attached hydrogens (tertiary/aromatic N) is 1. The summed E-state index contributed by atoms with van der Waals surface area (Å²) in [5, 5.41) is 14.1. The summed E-state index contributed by atoms with van der Waals surface area (Å²) < 4.78 is 23.8. The Balaban J connectivity index is 1.81.